The van der Waals surface area contributed by atoms with Crippen molar-refractivity contribution in [2.45, 2.75) is 71.6 Å². The highest BCUT2D eigenvalue weighted by Gasteiger charge is 2.22. The Kier molecular flexibility index (Phi) is 7.13. The summed E-state index contributed by atoms with van der Waals surface area (Å²) in [5, 5.41) is 13.8. The number of H-pyrrole nitrogens is 1. The van der Waals surface area contributed by atoms with Gasteiger partial charge in [0.1, 0.15) is 5.75 Å². The van der Waals surface area contributed by atoms with Crippen LogP contribution in [-0.2, 0) is 19.6 Å². The Morgan fingerprint density at radius 3 is 2.56 bits per heavy atom. The van der Waals surface area contributed by atoms with Crippen LogP contribution >= 0.6 is 0 Å². The molecule has 5 rings (SSSR count). The smallest absolute Gasteiger partial charge is 0.252 e. The first-order valence-electron chi connectivity index (χ1n) is 12.8. The number of aryl methyl sites for hydroxylation is 2. The molecule has 4 aromatic rings. The number of ether oxygens (including phenoxy) is 1. The molecule has 8 heteroatoms. The van der Waals surface area contributed by atoms with Crippen molar-refractivity contribution < 1.29 is 4.74 Å². The van der Waals surface area contributed by atoms with E-state index >= 15 is 0 Å². The Labute approximate surface area is 211 Å². The fourth-order valence-electron chi connectivity index (χ4n) is 5.25. The molecule has 0 bridgehead atoms. The summed E-state index contributed by atoms with van der Waals surface area (Å²) >= 11 is 0. The summed E-state index contributed by atoms with van der Waals surface area (Å²) in [6, 6.07) is 14.5. The lowest BCUT2D eigenvalue weighted by atomic mass is 9.95. The Morgan fingerprint density at radius 2 is 1.75 bits per heavy atom. The van der Waals surface area contributed by atoms with Crippen molar-refractivity contribution in [1.82, 2.24) is 30.1 Å². The molecule has 0 radical (unpaired) electrons. The highest BCUT2D eigenvalue weighted by molar-refractivity contribution is 5.80. The number of methoxy groups -OCH3 is 1. The van der Waals surface area contributed by atoms with Crippen molar-refractivity contribution >= 4 is 10.9 Å². The number of nitrogens with one attached hydrogen (secondary N) is 1. The van der Waals surface area contributed by atoms with Crippen molar-refractivity contribution in [3.63, 3.8) is 0 Å². The van der Waals surface area contributed by atoms with E-state index < -0.39 is 0 Å². The van der Waals surface area contributed by atoms with Crippen LogP contribution in [0, 0.1) is 13.8 Å². The lowest BCUT2D eigenvalue weighted by molar-refractivity contribution is 0.222. The summed E-state index contributed by atoms with van der Waals surface area (Å²) in [6.45, 7) is 5.76. The molecule has 1 aliphatic carbocycles. The van der Waals surface area contributed by atoms with Gasteiger partial charge in [0.15, 0.2) is 5.82 Å². The molecule has 188 valence electrons. The van der Waals surface area contributed by atoms with E-state index in [2.05, 4.69) is 51.4 Å². The van der Waals surface area contributed by atoms with Gasteiger partial charge in [-0.1, -0.05) is 37.5 Å². The Hall–Kier alpha value is -3.52. The van der Waals surface area contributed by atoms with Gasteiger partial charge >= 0.3 is 0 Å². The zero-order valence-corrected chi connectivity index (χ0v) is 21.3. The van der Waals surface area contributed by atoms with Crippen molar-refractivity contribution in [3.05, 3.63) is 80.9 Å². The number of tetrazole rings is 1. The maximum atomic E-state index is 13.1. The molecular formula is C28H34N6O2. The fourth-order valence-corrected chi connectivity index (χ4v) is 5.25. The van der Waals surface area contributed by atoms with E-state index in [1.165, 1.54) is 30.4 Å². The largest absolute Gasteiger partial charge is 0.496 e. The quantitative estimate of drug-likeness (QED) is 0.383. The molecule has 0 spiro atoms. The summed E-state index contributed by atoms with van der Waals surface area (Å²) in [4.78, 5) is 18.4. The second kappa shape index (κ2) is 10.6. The topological polar surface area (TPSA) is 88.9 Å². The molecule has 0 unspecified atom stereocenters. The molecule has 2 aromatic carbocycles. The molecule has 8 nitrogen and oxygen atoms in total. The first-order valence-corrected chi connectivity index (χ1v) is 12.8. The molecule has 0 aliphatic heterocycles. The maximum Gasteiger partial charge on any atom is 0.252 e. The minimum Gasteiger partial charge on any atom is -0.496 e. The summed E-state index contributed by atoms with van der Waals surface area (Å²) < 4.78 is 7.62. The third kappa shape index (κ3) is 5.18. The third-order valence-electron chi connectivity index (χ3n) is 7.36. The molecule has 1 aliphatic rings. The van der Waals surface area contributed by atoms with Crippen LogP contribution in [0.3, 0.4) is 0 Å². The van der Waals surface area contributed by atoms with E-state index in [0.29, 0.717) is 25.7 Å². The van der Waals surface area contributed by atoms with Gasteiger partial charge in [0.05, 0.1) is 19.7 Å². The average Bonchev–Trinajstić information content (AvgIpc) is 3.34. The Bertz CT molecular complexity index is 1400. The lowest BCUT2D eigenvalue weighted by Gasteiger charge is -2.26. The number of aromatic nitrogens is 5. The van der Waals surface area contributed by atoms with Crippen LogP contribution in [0.25, 0.3) is 10.9 Å². The zero-order chi connectivity index (χ0) is 25.1. The SMILES string of the molecule is COc1ccccc1CN(Cc1cc2cc(C)c(C)cc2[nH]c1=O)Cc1nnnn1C1CCCCC1. The number of fused-ring (bicyclic) bond motifs is 1. The van der Waals surface area contributed by atoms with Crippen LogP contribution < -0.4 is 10.3 Å². The van der Waals surface area contributed by atoms with E-state index in [9.17, 15) is 4.79 Å². The van der Waals surface area contributed by atoms with E-state index in [1.807, 2.05) is 35.0 Å². The summed E-state index contributed by atoms with van der Waals surface area (Å²) in [5.41, 5.74) is 4.95. The minimum atomic E-state index is -0.0670. The van der Waals surface area contributed by atoms with Crippen LogP contribution in [0.15, 0.2) is 47.3 Å². The van der Waals surface area contributed by atoms with Crippen LogP contribution in [0.5, 0.6) is 5.75 Å². The Balaban J connectivity index is 1.48. The number of aromatic amines is 1. The molecule has 1 fully saturated rings. The lowest BCUT2D eigenvalue weighted by Crippen LogP contribution is -2.29. The normalized spacial score (nSPS) is 14.6. The first-order chi connectivity index (χ1) is 17.5. The van der Waals surface area contributed by atoms with E-state index in [-0.39, 0.29) is 5.56 Å². The van der Waals surface area contributed by atoms with Gasteiger partial charge in [-0.05, 0) is 77.9 Å². The van der Waals surface area contributed by atoms with Crippen molar-refractivity contribution in [1.29, 1.82) is 0 Å². The number of hydrogen-bond donors (Lipinski definition) is 1. The highest BCUT2D eigenvalue weighted by Crippen LogP contribution is 2.29. The fraction of sp³-hybridized carbons (Fsp3) is 0.429. The second-order valence-electron chi connectivity index (χ2n) is 9.94. The summed E-state index contributed by atoms with van der Waals surface area (Å²) in [7, 11) is 1.69. The third-order valence-corrected chi connectivity index (χ3v) is 7.36. The van der Waals surface area contributed by atoms with Gasteiger partial charge < -0.3 is 9.72 Å². The monoisotopic (exact) mass is 486 g/mol. The number of nitrogens with zero attached hydrogens (tertiary/aromatic N) is 5. The summed E-state index contributed by atoms with van der Waals surface area (Å²) in [6.07, 6.45) is 5.90. The molecule has 0 saturated heterocycles. The second-order valence-corrected chi connectivity index (χ2v) is 9.94. The zero-order valence-electron chi connectivity index (χ0n) is 21.3. The number of para-hydroxylation sites is 1. The number of pyridine rings is 1. The average molecular weight is 487 g/mol. The van der Waals surface area contributed by atoms with Crippen LogP contribution in [0.4, 0.5) is 0 Å². The predicted octanol–water partition coefficient (Wildman–Crippen LogP) is 4.85. The van der Waals surface area contributed by atoms with Crippen LogP contribution in [0.2, 0.25) is 0 Å². The van der Waals surface area contributed by atoms with Crippen molar-refractivity contribution in [2.24, 2.45) is 0 Å². The molecule has 0 amide bonds. The molecule has 1 N–H and O–H groups in total. The number of rotatable bonds is 8. The van der Waals surface area contributed by atoms with Gasteiger partial charge in [-0.15, -0.1) is 5.10 Å². The molecule has 2 aromatic heterocycles. The standard InChI is InChI=1S/C28H34N6O2/c1-19-13-22-15-23(28(35)29-25(22)14-20(19)2)17-33(16-21-9-7-8-12-26(21)36-3)18-27-30-31-32-34(27)24-10-5-4-6-11-24/h7-9,12-15,24H,4-6,10-11,16-18H2,1-3H3,(H,29,35). The predicted molar refractivity (Wildman–Crippen MR) is 140 cm³/mol. The van der Waals surface area contributed by atoms with Crippen LogP contribution in [-0.4, -0.2) is 37.2 Å². The minimum absolute atomic E-state index is 0.0670. The van der Waals surface area contributed by atoms with Gasteiger partial charge in [0.25, 0.3) is 5.56 Å². The van der Waals surface area contributed by atoms with Crippen molar-refractivity contribution in [2.75, 3.05) is 7.11 Å². The van der Waals surface area contributed by atoms with Gasteiger partial charge in [-0.3, -0.25) is 9.69 Å². The summed E-state index contributed by atoms with van der Waals surface area (Å²) in [5.74, 6) is 1.66. The maximum absolute atomic E-state index is 13.1. The van der Waals surface area contributed by atoms with Gasteiger partial charge in [-0.25, -0.2) is 4.68 Å². The van der Waals surface area contributed by atoms with E-state index in [4.69, 9.17) is 4.74 Å². The molecule has 36 heavy (non-hydrogen) atoms. The Morgan fingerprint density at radius 1 is 1.00 bits per heavy atom. The molecule has 1 saturated carbocycles. The van der Waals surface area contributed by atoms with Gasteiger partial charge in [0.2, 0.25) is 0 Å². The van der Waals surface area contributed by atoms with E-state index in [1.54, 1.807) is 7.11 Å². The van der Waals surface area contributed by atoms with Crippen molar-refractivity contribution in [3.8, 4) is 5.75 Å². The molecule has 0 atom stereocenters. The van der Waals surface area contributed by atoms with Gasteiger partial charge in [-0.2, -0.15) is 0 Å². The highest BCUT2D eigenvalue weighted by atomic mass is 16.5. The van der Waals surface area contributed by atoms with Gasteiger partial charge in [0, 0.05) is 29.7 Å². The molecule has 2 heterocycles. The number of hydrogen-bond acceptors (Lipinski definition) is 6. The molecular weight excluding hydrogens is 452 g/mol. The van der Waals surface area contributed by atoms with E-state index in [0.717, 1.165) is 46.4 Å². The first kappa shape index (κ1) is 24.2. The van der Waals surface area contributed by atoms with Crippen LogP contribution in [0.1, 0.15) is 66.2 Å². The number of benzene rings is 2.